The van der Waals surface area contributed by atoms with Crippen molar-refractivity contribution in [3.8, 4) is 0 Å². The van der Waals surface area contributed by atoms with Gasteiger partial charge in [0, 0.05) is 63.5 Å². The summed E-state index contributed by atoms with van der Waals surface area (Å²) in [6.45, 7) is 6.34. The predicted molar refractivity (Wildman–Crippen MR) is 168 cm³/mol. The molecular weight excluding hydrogens is 600 g/mol. The standard InChI is InChI=1S/C28H30N6O5S2.ClH/c1-2-33(22-6-4-3-5-7-22)41(38,39)24-11-8-21(9-12-24)27(35)29-14-15-31-16-18-32(19-17-31)28-30-25-13-10-23(34(36)37)20-26(25)40-28;/h3-13,20H,2,14-19H2,1H3,(H,29,35);1H. The Balaban J connectivity index is 0.00000405. The number of piperazine rings is 1. The maximum Gasteiger partial charge on any atom is 0.270 e. The molecular formula is C28H31ClN6O5S2. The number of carbonyl (C=O) groups is 1. The third kappa shape index (κ3) is 6.81. The first-order valence-corrected chi connectivity index (χ1v) is 15.5. The van der Waals surface area contributed by atoms with Crippen LogP contribution in [0.15, 0.2) is 77.7 Å². The van der Waals surface area contributed by atoms with Gasteiger partial charge in [0.15, 0.2) is 5.13 Å². The van der Waals surface area contributed by atoms with Gasteiger partial charge in [-0.25, -0.2) is 13.4 Å². The molecule has 11 nitrogen and oxygen atoms in total. The van der Waals surface area contributed by atoms with Gasteiger partial charge in [0.25, 0.3) is 21.6 Å². The summed E-state index contributed by atoms with van der Waals surface area (Å²) in [5.41, 5.74) is 1.80. The van der Waals surface area contributed by atoms with Crippen molar-refractivity contribution in [3.05, 3.63) is 88.5 Å². The molecule has 0 radical (unpaired) electrons. The largest absolute Gasteiger partial charge is 0.351 e. The normalized spacial score (nSPS) is 13.9. The topological polar surface area (TPSA) is 129 Å². The summed E-state index contributed by atoms with van der Waals surface area (Å²) in [6, 6.07) is 19.6. The van der Waals surface area contributed by atoms with E-state index >= 15 is 0 Å². The van der Waals surface area contributed by atoms with E-state index in [-0.39, 0.29) is 35.4 Å². The van der Waals surface area contributed by atoms with E-state index in [0.717, 1.165) is 41.5 Å². The molecule has 0 aliphatic carbocycles. The van der Waals surface area contributed by atoms with Crippen molar-refractivity contribution in [2.75, 3.05) is 55.0 Å². The van der Waals surface area contributed by atoms with E-state index in [2.05, 4.69) is 20.1 Å². The Kier molecular flexibility index (Phi) is 9.99. The van der Waals surface area contributed by atoms with Gasteiger partial charge in [-0.3, -0.25) is 24.1 Å². The zero-order chi connectivity index (χ0) is 29.0. The quantitative estimate of drug-likeness (QED) is 0.202. The number of rotatable bonds is 10. The maximum atomic E-state index is 13.2. The van der Waals surface area contributed by atoms with Crippen LogP contribution in [0, 0.1) is 10.1 Å². The lowest BCUT2D eigenvalue weighted by Crippen LogP contribution is -2.48. The van der Waals surface area contributed by atoms with Crippen molar-refractivity contribution < 1.29 is 18.1 Å². The van der Waals surface area contributed by atoms with Crippen LogP contribution in [0.5, 0.6) is 0 Å². The number of nitrogens with zero attached hydrogens (tertiary/aromatic N) is 5. The lowest BCUT2D eigenvalue weighted by atomic mass is 10.2. The number of anilines is 2. The molecule has 1 N–H and O–H groups in total. The Morgan fingerprint density at radius 2 is 1.74 bits per heavy atom. The highest BCUT2D eigenvalue weighted by Gasteiger charge is 2.24. The van der Waals surface area contributed by atoms with Gasteiger partial charge < -0.3 is 10.2 Å². The third-order valence-electron chi connectivity index (χ3n) is 6.96. The number of nitro groups is 1. The van der Waals surface area contributed by atoms with Gasteiger partial charge in [-0.2, -0.15) is 0 Å². The lowest BCUT2D eigenvalue weighted by Gasteiger charge is -2.34. The SMILES string of the molecule is CCN(c1ccccc1)S(=O)(=O)c1ccc(C(=O)NCCN2CCN(c3nc4ccc([N+](=O)[O-])cc4s3)CC2)cc1.Cl. The molecule has 0 atom stereocenters. The third-order valence-corrected chi connectivity index (χ3v) is 9.96. The van der Waals surface area contributed by atoms with Gasteiger partial charge >= 0.3 is 0 Å². The highest BCUT2D eigenvalue weighted by Crippen LogP contribution is 2.32. The molecule has 1 fully saturated rings. The highest BCUT2D eigenvalue weighted by atomic mass is 35.5. The fourth-order valence-electron chi connectivity index (χ4n) is 4.73. The summed E-state index contributed by atoms with van der Waals surface area (Å²) in [7, 11) is -3.76. The number of hydrogen-bond acceptors (Lipinski definition) is 9. The number of halogens is 1. The van der Waals surface area contributed by atoms with E-state index in [9.17, 15) is 23.3 Å². The second-order valence-corrected chi connectivity index (χ2v) is 12.4. The number of nitrogens with one attached hydrogen (secondary N) is 1. The zero-order valence-corrected chi connectivity index (χ0v) is 25.3. The van der Waals surface area contributed by atoms with Crippen molar-refractivity contribution in [2.24, 2.45) is 0 Å². The minimum absolute atomic E-state index is 0. The first kappa shape index (κ1) is 31.2. The van der Waals surface area contributed by atoms with E-state index in [0.29, 0.717) is 24.3 Å². The number of hydrogen-bond donors (Lipinski definition) is 1. The van der Waals surface area contributed by atoms with Gasteiger partial charge in [-0.05, 0) is 49.4 Å². The van der Waals surface area contributed by atoms with Gasteiger partial charge in [0.1, 0.15) is 0 Å². The number of nitro benzene ring substituents is 1. The summed E-state index contributed by atoms with van der Waals surface area (Å²) in [5.74, 6) is -0.258. The van der Waals surface area contributed by atoms with Crippen molar-refractivity contribution in [3.63, 3.8) is 0 Å². The molecule has 1 aliphatic rings. The molecule has 42 heavy (non-hydrogen) atoms. The van der Waals surface area contributed by atoms with E-state index in [1.54, 1.807) is 43.3 Å². The molecule has 0 unspecified atom stereocenters. The van der Waals surface area contributed by atoms with Crippen LogP contribution in [0.25, 0.3) is 10.2 Å². The molecule has 14 heteroatoms. The van der Waals surface area contributed by atoms with Gasteiger partial charge in [-0.15, -0.1) is 12.4 Å². The lowest BCUT2D eigenvalue weighted by molar-refractivity contribution is -0.384. The minimum Gasteiger partial charge on any atom is -0.351 e. The molecule has 222 valence electrons. The van der Waals surface area contributed by atoms with Crippen LogP contribution < -0.4 is 14.5 Å². The zero-order valence-electron chi connectivity index (χ0n) is 22.9. The second kappa shape index (κ2) is 13.5. The van der Waals surface area contributed by atoms with E-state index in [1.165, 1.54) is 46.0 Å². The first-order valence-electron chi connectivity index (χ1n) is 13.2. The Morgan fingerprint density at radius 1 is 1.05 bits per heavy atom. The Labute approximate surface area is 254 Å². The summed E-state index contributed by atoms with van der Waals surface area (Å²) in [5, 5.41) is 14.8. The van der Waals surface area contributed by atoms with Gasteiger partial charge in [-0.1, -0.05) is 29.5 Å². The molecule has 0 spiro atoms. The molecule has 1 amide bonds. The summed E-state index contributed by atoms with van der Waals surface area (Å²) in [6.07, 6.45) is 0. The second-order valence-electron chi connectivity index (χ2n) is 9.52. The van der Waals surface area contributed by atoms with Crippen LogP contribution >= 0.6 is 23.7 Å². The summed E-state index contributed by atoms with van der Waals surface area (Å²) >= 11 is 1.45. The first-order chi connectivity index (χ1) is 19.8. The molecule has 1 aliphatic heterocycles. The van der Waals surface area contributed by atoms with Crippen LogP contribution in [-0.4, -0.2) is 74.9 Å². The van der Waals surface area contributed by atoms with Crippen molar-refractivity contribution >= 4 is 66.4 Å². The Hall–Kier alpha value is -3.78. The summed E-state index contributed by atoms with van der Waals surface area (Å²) in [4.78, 5) is 32.6. The number of aromatic nitrogens is 1. The maximum absolute atomic E-state index is 13.2. The molecule has 0 saturated carbocycles. The van der Waals surface area contributed by atoms with Crippen LogP contribution in [0.2, 0.25) is 0 Å². The van der Waals surface area contributed by atoms with E-state index in [4.69, 9.17) is 0 Å². The smallest absolute Gasteiger partial charge is 0.270 e. The highest BCUT2D eigenvalue weighted by molar-refractivity contribution is 7.92. The van der Waals surface area contributed by atoms with Crippen LogP contribution in [0.3, 0.4) is 0 Å². The monoisotopic (exact) mass is 630 g/mol. The number of carbonyl (C=O) groups excluding carboxylic acids is 1. The number of sulfonamides is 1. The number of non-ortho nitro benzene ring substituents is 1. The molecule has 1 saturated heterocycles. The molecule has 5 rings (SSSR count). The number of para-hydroxylation sites is 1. The fraction of sp³-hybridized carbons (Fsp3) is 0.286. The number of amides is 1. The molecule has 2 heterocycles. The Morgan fingerprint density at radius 3 is 2.38 bits per heavy atom. The van der Waals surface area contributed by atoms with Gasteiger partial charge in [0.05, 0.1) is 25.7 Å². The molecule has 1 aromatic heterocycles. The number of thiazole rings is 1. The van der Waals surface area contributed by atoms with Crippen LogP contribution in [0.4, 0.5) is 16.5 Å². The van der Waals surface area contributed by atoms with Gasteiger partial charge in [0.2, 0.25) is 0 Å². The Bertz CT molecular complexity index is 1640. The minimum atomic E-state index is -3.76. The van der Waals surface area contributed by atoms with Crippen molar-refractivity contribution in [2.45, 2.75) is 11.8 Å². The van der Waals surface area contributed by atoms with Crippen molar-refractivity contribution in [1.29, 1.82) is 0 Å². The van der Waals surface area contributed by atoms with Crippen LogP contribution in [-0.2, 0) is 10.0 Å². The molecule has 0 bridgehead atoms. The predicted octanol–water partition coefficient (Wildman–Crippen LogP) is 4.39. The molecule has 3 aromatic carbocycles. The molecule has 4 aromatic rings. The number of fused-ring (bicyclic) bond motifs is 1. The fourth-order valence-corrected chi connectivity index (χ4v) is 7.26. The van der Waals surface area contributed by atoms with E-state index < -0.39 is 14.9 Å². The van der Waals surface area contributed by atoms with Crippen molar-refractivity contribution in [1.82, 2.24) is 15.2 Å². The summed E-state index contributed by atoms with van der Waals surface area (Å²) < 4.78 is 28.5. The average molecular weight is 631 g/mol. The number of benzene rings is 3. The average Bonchev–Trinajstić information content (AvgIpc) is 3.42. The van der Waals surface area contributed by atoms with E-state index in [1.807, 2.05) is 6.07 Å². The van der Waals surface area contributed by atoms with Crippen LogP contribution in [0.1, 0.15) is 17.3 Å².